The van der Waals surface area contributed by atoms with Crippen LogP contribution in [0, 0.1) is 10.1 Å². The third-order valence-corrected chi connectivity index (χ3v) is 4.58. The number of nitro groups is 1. The minimum absolute atomic E-state index is 0.101. The molecule has 2 N–H and O–H groups in total. The molecule has 6 heteroatoms. The maximum atomic E-state index is 11.3. The van der Waals surface area contributed by atoms with E-state index in [1.807, 2.05) is 6.07 Å². The number of hydrogen-bond acceptors (Lipinski definition) is 5. The molecule has 1 aliphatic rings. The first-order chi connectivity index (χ1) is 10.00. The first-order valence-corrected chi connectivity index (χ1v) is 7.37. The summed E-state index contributed by atoms with van der Waals surface area (Å²) in [6, 6.07) is 5.33. The lowest BCUT2D eigenvalue weighted by atomic mass is 9.96. The molecule has 0 heterocycles. The van der Waals surface area contributed by atoms with Gasteiger partial charge in [-0.05, 0) is 39.1 Å². The molecule has 1 aliphatic carbocycles. The molecule has 1 aromatic rings. The number of rotatable bonds is 6. The largest absolute Gasteiger partial charge is 0.382 e. The Hall–Kier alpha value is -1.82. The van der Waals surface area contributed by atoms with Crippen LogP contribution in [0.3, 0.4) is 0 Å². The Bertz CT molecular complexity index is 510. The molecular formula is C15H24N4O2. The van der Waals surface area contributed by atoms with Crippen LogP contribution in [0.25, 0.3) is 0 Å². The smallest absolute Gasteiger partial charge is 0.315 e. The first kappa shape index (κ1) is 15.6. The molecule has 6 nitrogen and oxygen atoms in total. The quantitative estimate of drug-likeness (QED) is 0.623. The third-order valence-electron chi connectivity index (χ3n) is 4.58. The van der Waals surface area contributed by atoms with E-state index in [4.69, 9.17) is 0 Å². The molecule has 116 valence electrons. The van der Waals surface area contributed by atoms with Crippen LogP contribution in [-0.2, 0) is 0 Å². The minimum atomic E-state index is -0.328. The highest BCUT2D eigenvalue weighted by Crippen LogP contribution is 2.36. The highest BCUT2D eigenvalue weighted by atomic mass is 16.6. The number of likely N-dealkylation sites (N-methyl/N-ethyl adjacent to an activating group) is 1. The number of anilines is 2. The van der Waals surface area contributed by atoms with Crippen LogP contribution in [0.15, 0.2) is 18.2 Å². The van der Waals surface area contributed by atoms with Crippen LogP contribution in [0.1, 0.15) is 25.7 Å². The van der Waals surface area contributed by atoms with Gasteiger partial charge in [0, 0.05) is 19.1 Å². The Kier molecular flexibility index (Phi) is 4.67. The van der Waals surface area contributed by atoms with Gasteiger partial charge < -0.3 is 15.5 Å². The summed E-state index contributed by atoms with van der Waals surface area (Å²) in [5.74, 6) is 0. The Labute approximate surface area is 125 Å². The normalized spacial score (nSPS) is 17.0. The van der Waals surface area contributed by atoms with Gasteiger partial charge in [0.2, 0.25) is 0 Å². The number of nitro benzene ring substituents is 1. The zero-order valence-corrected chi connectivity index (χ0v) is 13.0. The number of nitrogens with one attached hydrogen (secondary N) is 2. The molecule has 1 saturated carbocycles. The first-order valence-electron chi connectivity index (χ1n) is 7.37. The Balaban J connectivity index is 2.22. The molecule has 0 spiro atoms. The predicted octanol–water partition coefficient (Wildman–Crippen LogP) is 2.92. The monoisotopic (exact) mass is 292 g/mol. The van der Waals surface area contributed by atoms with E-state index in [0.717, 1.165) is 19.4 Å². The average molecular weight is 292 g/mol. The Morgan fingerprint density at radius 2 is 1.90 bits per heavy atom. The van der Waals surface area contributed by atoms with Crippen LogP contribution in [0.4, 0.5) is 17.1 Å². The fourth-order valence-electron chi connectivity index (χ4n) is 3.16. The molecule has 0 aromatic heterocycles. The molecule has 0 atom stereocenters. The third kappa shape index (κ3) is 3.10. The molecule has 21 heavy (non-hydrogen) atoms. The molecule has 0 radical (unpaired) electrons. The standard InChI is InChI=1S/C15H24N4O2/c1-16-12-7-6-8-13(14(12)19(20)21)17-11-15(18(2)3)9-4-5-10-15/h6-8,16-17H,4-5,9-11H2,1-3H3. The van der Waals surface area contributed by atoms with Crippen LogP contribution in [0.2, 0.25) is 0 Å². The SMILES string of the molecule is CNc1cccc(NCC2(N(C)C)CCCC2)c1[N+](=O)[O-]. The van der Waals surface area contributed by atoms with Crippen LogP contribution in [0.5, 0.6) is 0 Å². The summed E-state index contributed by atoms with van der Waals surface area (Å²) < 4.78 is 0. The van der Waals surface area contributed by atoms with E-state index >= 15 is 0 Å². The summed E-state index contributed by atoms with van der Waals surface area (Å²) in [4.78, 5) is 13.2. The zero-order valence-electron chi connectivity index (χ0n) is 13.0. The lowest BCUT2D eigenvalue weighted by molar-refractivity contribution is -0.383. The zero-order chi connectivity index (χ0) is 15.5. The fraction of sp³-hybridized carbons (Fsp3) is 0.600. The van der Waals surface area contributed by atoms with Gasteiger partial charge >= 0.3 is 5.69 Å². The van der Waals surface area contributed by atoms with Crippen molar-refractivity contribution in [2.45, 2.75) is 31.2 Å². The minimum Gasteiger partial charge on any atom is -0.382 e. The number of benzene rings is 1. The summed E-state index contributed by atoms with van der Waals surface area (Å²) in [5, 5.41) is 17.5. The van der Waals surface area contributed by atoms with Crippen molar-refractivity contribution in [3.05, 3.63) is 28.3 Å². The molecule has 0 aliphatic heterocycles. The van der Waals surface area contributed by atoms with Crippen molar-refractivity contribution in [3.63, 3.8) is 0 Å². The van der Waals surface area contributed by atoms with E-state index in [1.54, 1.807) is 19.2 Å². The van der Waals surface area contributed by atoms with Crippen molar-refractivity contribution in [2.75, 3.05) is 38.3 Å². The van der Waals surface area contributed by atoms with Crippen molar-refractivity contribution in [1.82, 2.24) is 4.90 Å². The van der Waals surface area contributed by atoms with Gasteiger partial charge in [0.05, 0.1) is 4.92 Å². The van der Waals surface area contributed by atoms with Crippen LogP contribution < -0.4 is 10.6 Å². The van der Waals surface area contributed by atoms with Crippen LogP contribution in [-0.4, -0.2) is 43.0 Å². The summed E-state index contributed by atoms with van der Waals surface area (Å²) >= 11 is 0. The second-order valence-electron chi connectivity index (χ2n) is 5.89. The van der Waals surface area contributed by atoms with Crippen molar-refractivity contribution in [1.29, 1.82) is 0 Å². The van der Waals surface area contributed by atoms with E-state index in [9.17, 15) is 10.1 Å². The second kappa shape index (κ2) is 6.30. The molecule has 1 fully saturated rings. The molecule has 0 bridgehead atoms. The van der Waals surface area contributed by atoms with Gasteiger partial charge in [-0.1, -0.05) is 18.9 Å². The Morgan fingerprint density at radius 3 is 2.43 bits per heavy atom. The molecule has 0 saturated heterocycles. The number of hydrogen-bond donors (Lipinski definition) is 2. The van der Waals surface area contributed by atoms with E-state index in [2.05, 4.69) is 29.6 Å². The maximum Gasteiger partial charge on any atom is 0.315 e. The van der Waals surface area contributed by atoms with Gasteiger partial charge in [-0.2, -0.15) is 0 Å². The van der Waals surface area contributed by atoms with E-state index in [0.29, 0.717) is 11.4 Å². The highest BCUT2D eigenvalue weighted by molar-refractivity contribution is 5.76. The number of para-hydroxylation sites is 1. The van der Waals surface area contributed by atoms with Crippen molar-refractivity contribution < 1.29 is 4.92 Å². The molecular weight excluding hydrogens is 268 g/mol. The van der Waals surface area contributed by atoms with Crippen molar-refractivity contribution >= 4 is 17.1 Å². The summed E-state index contributed by atoms with van der Waals surface area (Å²) in [6.07, 6.45) is 4.70. The molecule has 0 unspecified atom stereocenters. The van der Waals surface area contributed by atoms with Gasteiger partial charge in [0.25, 0.3) is 0 Å². The van der Waals surface area contributed by atoms with E-state index in [-0.39, 0.29) is 16.1 Å². The molecule has 1 aromatic carbocycles. The highest BCUT2D eigenvalue weighted by Gasteiger charge is 2.36. The predicted molar refractivity (Wildman–Crippen MR) is 86.0 cm³/mol. The molecule has 0 amide bonds. The van der Waals surface area contributed by atoms with Gasteiger partial charge in [-0.3, -0.25) is 10.1 Å². The van der Waals surface area contributed by atoms with E-state index < -0.39 is 0 Å². The van der Waals surface area contributed by atoms with E-state index in [1.165, 1.54) is 12.8 Å². The average Bonchev–Trinajstić information content (AvgIpc) is 2.94. The van der Waals surface area contributed by atoms with Gasteiger partial charge in [0.15, 0.2) is 0 Å². The van der Waals surface area contributed by atoms with Crippen LogP contribution >= 0.6 is 0 Å². The lowest BCUT2D eigenvalue weighted by Gasteiger charge is -2.36. The van der Waals surface area contributed by atoms with Crippen molar-refractivity contribution in [3.8, 4) is 0 Å². The fourth-order valence-corrected chi connectivity index (χ4v) is 3.16. The summed E-state index contributed by atoms with van der Waals surface area (Å²) in [5.41, 5.74) is 1.34. The van der Waals surface area contributed by atoms with Gasteiger partial charge in [-0.25, -0.2) is 0 Å². The number of nitrogens with zero attached hydrogens (tertiary/aromatic N) is 2. The summed E-state index contributed by atoms with van der Waals surface area (Å²) in [7, 11) is 5.88. The van der Waals surface area contributed by atoms with Crippen molar-refractivity contribution in [2.24, 2.45) is 0 Å². The second-order valence-corrected chi connectivity index (χ2v) is 5.89. The molecule has 2 rings (SSSR count). The summed E-state index contributed by atoms with van der Waals surface area (Å²) in [6.45, 7) is 0.730. The maximum absolute atomic E-state index is 11.3. The Morgan fingerprint density at radius 1 is 1.29 bits per heavy atom. The van der Waals surface area contributed by atoms with Gasteiger partial charge in [-0.15, -0.1) is 0 Å². The lowest BCUT2D eigenvalue weighted by Crippen LogP contribution is -2.47. The topological polar surface area (TPSA) is 70.4 Å². The van der Waals surface area contributed by atoms with Gasteiger partial charge in [0.1, 0.15) is 11.4 Å².